The van der Waals surface area contributed by atoms with Crippen LogP contribution in [0.2, 0.25) is 0 Å². The van der Waals surface area contributed by atoms with Gasteiger partial charge in [-0.15, -0.1) is 0 Å². The van der Waals surface area contributed by atoms with Gasteiger partial charge in [0.15, 0.2) is 0 Å². The first-order chi connectivity index (χ1) is 9.08. The Morgan fingerprint density at radius 1 is 1.32 bits per heavy atom. The van der Waals surface area contributed by atoms with Crippen molar-refractivity contribution in [3.8, 4) is 0 Å². The van der Waals surface area contributed by atoms with Crippen LogP contribution in [0.5, 0.6) is 0 Å². The molecule has 1 saturated heterocycles. The lowest BCUT2D eigenvalue weighted by Crippen LogP contribution is -2.42. The Kier molecular flexibility index (Phi) is 5.00. The number of hydrogen-bond donors (Lipinski definition) is 1. The van der Waals surface area contributed by atoms with E-state index in [2.05, 4.69) is 62.2 Å². The number of nitrogens with one attached hydrogen (secondary N) is 1. The third-order valence-corrected chi connectivity index (χ3v) is 4.28. The summed E-state index contributed by atoms with van der Waals surface area (Å²) in [5.41, 5.74) is 2.79. The summed E-state index contributed by atoms with van der Waals surface area (Å²) in [7, 11) is 0. The summed E-state index contributed by atoms with van der Waals surface area (Å²) >= 11 is 0. The molecule has 0 spiro atoms. The lowest BCUT2D eigenvalue weighted by molar-refractivity contribution is 0.150. The highest BCUT2D eigenvalue weighted by molar-refractivity contribution is 5.24. The molecule has 2 unspecified atom stereocenters. The van der Waals surface area contributed by atoms with Gasteiger partial charge in [0.2, 0.25) is 0 Å². The predicted molar refractivity (Wildman–Crippen MR) is 82.5 cm³/mol. The molecule has 0 aliphatic carbocycles. The summed E-state index contributed by atoms with van der Waals surface area (Å²) in [6, 6.07) is 10.7. The smallest absolute Gasteiger partial charge is 0.0323 e. The van der Waals surface area contributed by atoms with Crippen LogP contribution in [-0.2, 0) is 0 Å². The van der Waals surface area contributed by atoms with Gasteiger partial charge in [0.1, 0.15) is 0 Å². The monoisotopic (exact) mass is 260 g/mol. The summed E-state index contributed by atoms with van der Waals surface area (Å²) in [5, 5.41) is 3.62. The minimum atomic E-state index is 0.488. The zero-order valence-corrected chi connectivity index (χ0v) is 12.8. The number of benzene rings is 1. The van der Waals surface area contributed by atoms with Crippen LogP contribution in [-0.4, -0.2) is 30.1 Å². The standard InChI is InChI=1S/C17H28N2/c1-13(2)19(12-17-9-6-10-18-17)15(4)16-8-5-7-14(3)11-16/h5,7-8,11,13,15,17-18H,6,9-10,12H2,1-4H3. The molecule has 2 rings (SSSR count). The third kappa shape index (κ3) is 3.80. The summed E-state index contributed by atoms with van der Waals surface area (Å²) in [5.74, 6) is 0. The summed E-state index contributed by atoms with van der Waals surface area (Å²) < 4.78 is 0. The Morgan fingerprint density at radius 2 is 2.11 bits per heavy atom. The molecule has 2 atom stereocenters. The van der Waals surface area contributed by atoms with Gasteiger partial charge in [-0.05, 0) is 52.6 Å². The SMILES string of the molecule is Cc1cccc(C(C)N(CC2CCCN2)C(C)C)c1. The lowest BCUT2D eigenvalue weighted by Gasteiger charge is -2.35. The quantitative estimate of drug-likeness (QED) is 0.871. The van der Waals surface area contributed by atoms with Gasteiger partial charge in [-0.1, -0.05) is 29.8 Å². The van der Waals surface area contributed by atoms with Crippen LogP contribution >= 0.6 is 0 Å². The second-order valence-corrected chi connectivity index (χ2v) is 6.17. The maximum Gasteiger partial charge on any atom is 0.0323 e. The molecule has 1 N–H and O–H groups in total. The average molecular weight is 260 g/mol. The number of hydrogen-bond acceptors (Lipinski definition) is 2. The molecule has 0 radical (unpaired) electrons. The zero-order valence-electron chi connectivity index (χ0n) is 12.8. The molecule has 1 fully saturated rings. The number of nitrogens with zero attached hydrogens (tertiary/aromatic N) is 1. The van der Waals surface area contributed by atoms with Gasteiger partial charge >= 0.3 is 0 Å². The van der Waals surface area contributed by atoms with Gasteiger partial charge in [-0.2, -0.15) is 0 Å². The van der Waals surface area contributed by atoms with Crippen molar-refractivity contribution in [2.24, 2.45) is 0 Å². The van der Waals surface area contributed by atoms with Gasteiger partial charge in [0.25, 0.3) is 0 Å². The molecule has 2 nitrogen and oxygen atoms in total. The Hall–Kier alpha value is -0.860. The lowest BCUT2D eigenvalue weighted by atomic mass is 10.0. The minimum absolute atomic E-state index is 0.488. The molecule has 0 bridgehead atoms. The molecule has 19 heavy (non-hydrogen) atoms. The Labute approximate surface area is 118 Å². The van der Waals surface area contributed by atoms with Crippen LogP contribution in [0.3, 0.4) is 0 Å². The van der Waals surface area contributed by atoms with Crippen LogP contribution in [0.1, 0.15) is 50.8 Å². The molecule has 0 aromatic heterocycles. The first-order valence-corrected chi connectivity index (χ1v) is 7.63. The van der Waals surface area contributed by atoms with E-state index in [0.717, 1.165) is 6.54 Å². The summed E-state index contributed by atoms with van der Waals surface area (Å²) in [6.45, 7) is 11.5. The van der Waals surface area contributed by atoms with Crippen LogP contribution in [0.15, 0.2) is 24.3 Å². The highest BCUT2D eigenvalue weighted by Crippen LogP contribution is 2.24. The second kappa shape index (κ2) is 6.53. The third-order valence-electron chi connectivity index (χ3n) is 4.28. The highest BCUT2D eigenvalue weighted by Gasteiger charge is 2.24. The maximum absolute atomic E-state index is 3.62. The molecule has 0 saturated carbocycles. The molecule has 0 amide bonds. The van der Waals surface area contributed by atoms with Crippen LogP contribution in [0.4, 0.5) is 0 Å². The highest BCUT2D eigenvalue weighted by atomic mass is 15.2. The minimum Gasteiger partial charge on any atom is -0.313 e. The van der Waals surface area contributed by atoms with E-state index in [4.69, 9.17) is 0 Å². The summed E-state index contributed by atoms with van der Waals surface area (Å²) in [6.07, 6.45) is 2.65. The van der Waals surface area contributed by atoms with E-state index in [1.807, 2.05) is 0 Å². The largest absolute Gasteiger partial charge is 0.313 e. The number of aryl methyl sites for hydroxylation is 1. The Balaban J connectivity index is 2.09. The van der Waals surface area contributed by atoms with Crippen molar-refractivity contribution < 1.29 is 0 Å². The fraction of sp³-hybridized carbons (Fsp3) is 0.647. The van der Waals surface area contributed by atoms with Crippen molar-refractivity contribution in [2.75, 3.05) is 13.1 Å². The number of rotatable bonds is 5. The van der Waals surface area contributed by atoms with Crippen molar-refractivity contribution in [1.29, 1.82) is 0 Å². The predicted octanol–water partition coefficient (Wildman–Crippen LogP) is 3.52. The molecule has 1 aliphatic heterocycles. The zero-order chi connectivity index (χ0) is 13.8. The van der Waals surface area contributed by atoms with Gasteiger partial charge in [0, 0.05) is 24.7 Å². The molecule has 1 aromatic carbocycles. The van der Waals surface area contributed by atoms with E-state index in [1.54, 1.807) is 0 Å². The Morgan fingerprint density at radius 3 is 2.68 bits per heavy atom. The van der Waals surface area contributed by atoms with Crippen LogP contribution in [0.25, 0.3) is 0 Å². The summed E-state index contributed by atoms with van der Waals surface area (Å²) in [4.78, 5) is 2.62. The van der Waals surface area contributed by atoms with E-state index >= 15 is 0 Å². The topological polar surface area (TPSA) is 15.3 Å². The van der Waals surface area contributed by atoms with Crippen molar-refractivity contribution in [1.82, 2.24) is 10.2 Å². The molecular formula is C17H28N2. The van der Waals surface area contributed by atoms with Crippen LogP contribution in [0, 0.1) is 6.92 Å². The fourth-order valence-corrected chi connectivity index (χ4v) is 3.10. The van der Waals surface area contributed by atoms with E-state index in [0.29, 0.717) is 18.1 Å². The molecule has 1 aliphatic rings. The van der Waals surface area contributed by atoms with Gasteiger partial charge < -0.3 is 5.32 Å². The fourth-order valence-electron chi connectivity index (χ4n) is 3.10. The second-order valence-electron chi connectivity index (χ2n) is 6.17. The van der Waals surface area contributed by atoms with E-state index in [-0.39, 0.29) is 0 Å². The van der Waals surface area contributed by atoms with Crippen molar-refractivity contribution >= 4 is 0 Å². The van der Waals surface area contributed by atoms with Crippen molar-refractivity contribution in [3.63, 3.8) is 0 Å². The van der Waals surface area contributed by atoms with Gasteiger partial charge in [-0.3, -0.25) is 4.90 Å². The molecule has 2 heteroatoms. The normalized spacial score (nSPS) is 21.3. The Bertz CT molecular complexity index is 394. The van der Waals surface area contributed by atoms with Gasteiger partial charge in [0.05, 0.1) is 0 Å². The van der Waals surface area contributed by atoms with E-state index in [9.17, 15) is 0 Å². The van der Waals surface area contributed by atoms with Crippen molar-refractivity contribution in [2.45, 2.75) is 58.7 Å². The first-order valence-electron chi connectivity index (χ1n) is 7.63. The molecule has 1 heterocycles. The molecule has 1 aromatic rings. The average Bonchev–Trinajstić information content (AvgIpc) is 2.87. The molecular weight excluding hydrogens is 232 g/mol. The maximum atomic E-state index is 3.62. The molecule has 106 valence electrons. The van der Waals surface area contributed by atoms with E-state index in [1.165, 1.54) is 30.5 Å². The van der Waals surface area contributed by atoms with E-state index < -0.39 is 0 Å². The van der Waals surface area contributed by atoms with Crippen molar-refractivity contribution in [3.05, 3.63) is 35.4 Å². The van der Waals surface area contributed by atoms with Crippen LogP contribution < -0.4 is 5.32 Å². The van der Waals surface area contributed by atoms with Gasteiger partial charge in [-0.25, -0.2) is 0 Å². The first kappa shape index (κ1) is 14.5.